The van der Waals surface area contributed by atoms with Crippen LogP contribution in [0.25, 0.3) is 0 Å². The second kappa shape index (κ2) is 5.45. The van der Waals surface area contributed by atoms with Crippen LogP contribution in [-0.2, 0) is 14.3 Å². The summed E-state index contributed by atoms with van der Waals surface area (Å²) in [5.41, 5.74) is 5.05. The number of likely N-dealkylation sites (tertiary alicyclic amines) is 1. The zero-order valence-corrected chi connectivity index (χ0v) is 12.0. The minimum Gasteiger partial charge on any atom is -0.464 e. The third kappa shape index (κ3) is 2.33. The number of amides is 1. The Balaban J connectivity index is 2.14. The minimum atomic E-state index is -0.704. The maximum Gasteiger partial charge on any atom is 0.328 e. The molecule has 1 saturated heterocycles. The van der Waals surface area contributed by atoms with Crippen LogP contribution in [0.2, 0.25) is 0 Å². The molecule has 0 aromatic heterocycles. The number of hydrogen-bond acceptors (Lipinski definition) is 4. The third-order valence-corrected chi connectivity index (χ3v) is 4.55. The van der Waals surface area contributed by atoms with Gasteiger partial charge >= 0.3 is 5.97 Å². The van der Waals surface area contributed by atoms with Crippen molar-refractivity contribution in [2.24, 2.45) is 11.1 Å². The van der Waals surface area contributed by atoms with E-state index >= 15 is 0 Å². The van der Waals surface area contributed by atoms with E-state index in [0.29, 0.717) is 32.4 Å². The zero-order valence-electron chi connectivity index (χ0n) is 11.2. The zero-order chi connectivity index (χ0) is 14.0. The van der Waals surface area contributed by atoms with Gasteiger partial charge in [0.15, 0.2) is 0 Å². The van der Waals surface area contributed by atoms with Crippen LogP contribution in [0, 0.1) is 5.41 Å². The van der Waals surface area contributed by atoms with E-state index in [1.165, 1.54) is 0 Å². The Labute approximate surface area is 118 Å². The van der Waals surface area contributed by atoms with Crippen LogP contribution in [0.3, 0.4) is 0 Å². The molecule has 1 amide bonds. The summed E-state index contributed by atoms with van der Waals surface area (Å²) >= 11 is 5.06. The Bertz CT molecular complexity index is 407. The second-order valence-corrected chi connectivity index (χ2v) is 5.65. The van der Waals surface area contributed by atoms with Gasteiger partial charge in [0.05, 0.1) is 17.0 Å². The van der Waals surface area contributed by atoms with Gasteiger partial charge in [0.1, 0.15) is 6.04 Å². The van der Waals surface area contributed by atoms with E-state index in [0.717, 1.165) is 12.8 Å². The lowest BCUT2D eigenvalue weighted by Crippen LogP contribution is -2.56. The van der Waals surface area contributed by atoms with Gasteiger partial charge < -0.3 is 15.4 Å². The summed E-state index contributed by atoms with van der Waals surface area (Å²) in [5.74, 6) is -0.396. The smallest absolute Gasteiger partial charge is 0.328 e. The highest BCUT2D eigenvalue weighted by Crippen LogP contribution is 2.44. The molecule has 1 aliphatic heterocycles. The van der Waals surface area contributed by atoms with E-state index in [1.54, 1.807) is 11.8 Å². The van der Waals surface area contributed by atoms with Crippen LogP contribution in [0.4, 0.5) is 0 Å². The predicted molar refractivity (Wildman–Crippen MR) is 74.4 cm³/mol. The topological polar surface area (TPSA) is 72.6 Å². The number of nitrogens with zero attached hydrogens (tertiary/aromatic N) is 1. The van der Waals surface area contributed by atoms with E-state index in [-0.39, 0.29) is 16.9 Å². The molecule has 0 spiro atoms. The highest BCUT2D eigenvalue weighted by atomic mass is 32.1. The van der Waals surface area contributed by atoms with E-state index in [9.17, 15) is 9.59 Å². The standard InChI is InChI=1S/C13H20N2O3S/c1-2-18-10(16)9-5-3-8-15(9)12(17)13(11(14)19)6-4-7-13/h9H,2-8H2,1H3,(H2,14,19). The van der Waals surface area contributed by atoms with Gasteiger partial charge in [0.2, 0.25) is 5.91 Å². The first kappa shape index (κ1) is 14.2. The van der Waals surface area contributed by atoms with Gasteiger partial charge in [-0.2, -0.15) is 0 Å². The first-order chi connectivity index (χ1) is 9.03. The molecule has 5 nitrogen and oxygen atoms in total. The predicted octanol–water partition coefficient (Wildman–Crippen LogP) is 0.997. The Hall–Kier alpha value is -1.17. The van der Waals surface area contributed by atoms with E-state index in [2.05, 4.69) is 0 Å². The quantitative estimate of drug-likeness (QED) is 0.616. The van der Waals surface area contributed by atoms with Crippen LogP contribution in [-0.4, -0.2) is 41.0 Å². The summed E-state index contributed by atoms with van der Waals surface area (Å²) in [6, 6.07) is -0.459. The summed E-state index contributed by atoms with van der Waals surface area (Å²) in [4.78, 5) is 26.4. The number of esters is 1. The van der Waals surface area contributed by atoms with Crippen molar-refractivity contribution in [3.63, 3.8) is 0 Å². The molecule has 2 fully saturated rings. The molecular formula is C13H20N2O3S. The Morgan fingerprint density at radius 2 is 2.11 bits per heavy atom. The highest BCUT2D eigenvalue weighted by molar-refractivity contribution is 7.80. The van der Waals surface area contributed by atoms with Crippen LogP contribution in [0.5, 0.6) is 0 Å². The van der Waals surface area contributed by atoms with Gasteiger partial charge in [0.25, 0.3) is 0 Å². The normalized spacial score (nSPS) is 24.7. The summed E-state index contributed by atoms with van der Waals surface area (Å²) in [7, 11) is 0. The lowest BCUT2D eigenvalue weighted by molar-refractivity contribution is -0.156. The molecule has 0 radical (unpaired) electrons. The monoisotopic (exact) mass is 284 g/mol. The number of ether oxygens (including phenoxy) is 1. The number of rotatable bonds is 4. The average Bonchev–Trinajstić information content (AvgIpc) is 2.75. The number of carbonyl (C=O) groups is 2. The number of carbonyl (C=O) groups excluding carboxylic acids is 2. The molecule has 2 aliphatic rings. The highest BCUT2D eigenvalue weighted by Gasteiger charge is 2.51. The van der Waals surface area contributed by atoms with Gasteiger partial charge in [-0.1, -0.05) is 18.6 Å². The molecule has 1 unspecified atom stereocenters. The molecule has 2 N–H and O–H groups in total. The van der Waals surface area contributed by atoms with Gasteiger partial charge in [-0.05, 0) is 32.6 Å². The first-order valence-electron chi connectivity index (χ1n) is 6.80. The van der Waals surface area contributed by atoms with Crippen molar-refractivity contribution in [2.45, 2.75) is 45.1 Å². The molecular weight excluding hydrogens is 264 g/mol. The van der Waals surface area contributed by atoms with Crippen molar-refractivity contribution >= 4 is 29.1 Å². The van der Waals surface area contributed by atoms with Gasteiger partial charge in [-0.25, -0.2) is 4.79 Å². The summed E-state index contributed by atoms with van der Waals surface area (Å²) < 4.78 is 5.03. The van der Waals surface area contributed by atoms with Crippen molar-refractivity contribution in [1.82, 2.24) is 4.90 Å². The van der Waals surface area contributed by atoms with E-state index < -0.39 is 11.5 Å². The summed E-state index contributed by atoms with van der Waals surface area (Å²) in [6.07, 6.45) is 3.85. The van der Waals surface area contributed by atoms with E-state index in [1.807, 2.05) is 0 Å². The molecule has 0 aromatic carbocycles. The maximum absolute atomic E-state index is 12.7. The van der Waals surface area contributed by atoms with Crippen molar-refractivity contribution in [3.8, 4) is 0 Å². The fourth-order valence-corrected chi connectivity index (χ4v) is 3.16. The van der Waals surface area contributed by atoms with Crippen LogP contribution in [0.15, 0.2) is 0 Å². The molecule has 1 atom stereocenters. The Kier molecular flexibility index (Phi) is 4.08. The fraction of sp³-hybridized carbons (Fsp3) is 0.769. The lowest BCUT2D eigenvalue weighted by atomic mass is 9.67. The maximum atomic E-state index is 12.7. The minimum absolute atomic E-state index is 0.0817. The summed E-state index contributed by atoms with van der Waals surface area (Å²) in [6.45, 7) is 2.69. The molecule has 19 heavy (non-hydrogen) atoms. The SMILES string of the molecule is CCOC(=O)C1CCCN1C(=O)C1(C(N)=S)CCC1. The first-order valence-corrected chi connectivity index (χ1v) is 7.21. The van der Waals surface area contributed by atoms with Crippen LogP contribution in [0.1, 0.15) is 39.0 Å². The largest absolute Gasteiger partial charge is 0.464 e. The molecule has 0 bridgehead atoms. The van der Waals surface area contributed by atoms with Crippen LogP contribution < -0.4 is 5.73 Å². The number of hydrogen-bond donors (Lipinski definition) is 1. The Morgan fingerprint density at radius 3 is 2.58 bits per heavy atom. The molecule has 0 aromatic rings. The number of nitrogens with two attached hydrogens (primary N) is 1. The molecule has 2 rings (SSSR count). The molecule has 106 valence electrons. The average molecular weight is 284 g/mol. The van der Waals surface area contributed by atoms with Crippen LogP contribution >= 0.6 is 12.2 Å². The van der Waals surface area contributed by atoms with E-state index in [4.69, 9.17) is 22.7 Å². The third-order valence-electron chi connectivity index (χ3n) is 4.16. The molecule has 1 aliphatic carbocycles. The van der Waals surface area contributed by atoms with Crippen molar-refractivity contribution in [3.05, 3.63) is 0 Å². The fourth-order valence-electron chi connectivity index (χ4n) is 2.86. The second-order valence-electron chi connectivity index (χ2n) is 5.21. The Morgan fingerprint density at radius 1 is 1.42 bits per heavy atom. The van der Waals surface area contributed by atoms with Crippen molar-refractivity contribution in [1.29, 1.82) is 0 Å². The van der Waals surface area contributed by atoms with Gasteiger partial charge in [0, 0.05) is 6.54 Å². The molecule has 1 heterocycles. The number of thiocarbonyl (C=S) groups is 1. The van der Waals surface area contributed by atoms with Crippen molar-refractivity contribution in [2.75, 3.05) is 13.2 Å². The molecule has 6 heteroatoms. The molecule has 1 saturated carbocycles. The summed E-state index contributed by atoms with van der Waals surface area (Å²) in [5, 5.41) is 0. The lowest BCUT2D eigenvalue weighted by Gasteiger charge is -2.42. The van der Waals surface area contributed by atoms with Gasteiger partial charge in [-0.15, -0.1) is 0 Å². The van der Waals surface area contributed by atoms with Gasteiger partial charge in [-0.3, -0.25) is 4.79 Å². The van der Waals surface area contributed by atoms with Crippen molar-refractivity contribution < 1.29 is 14.3 Å².